The fraction of sp³-hybridized carbons (Fsp3) is 0. The molecule has 0 bridgehead atoms. The van der Waals surface area contributed by atoms with E-state index in [0.717, 1.165) is 6.07 Å². The predicted octanol–water partition coefficient (Wildman–Crippen LogP) is 2.04. The fourth-order valence-corrected chi connectivity index (χ4v) is 2.48. The van der Waals surface area contributed by atoms with Crippen molar-refractivity contribution in [3.63, 3.8) is 0 Å². The summed E-state index contributed by atoms with van der Waals surface area (Å²) in [5, 5.41) is 2.97. The van der Waals surface area contributed by atoms with Gasteiger partial charge in [0.15, 0.2) is 0 Å². The summed E-state index contributed by atoms with van der Waals surface area (Å²) in [6, 6.07) is 10.0. The maximum atomic E-state index is 12.0. The summed E-state index contributed by atoms with van der Waals surface area (Å²) in [5.74, 6) is -0.420. The monoisotopic (exact) mass is 349 g/mol. The summed E-state index contributed by atoms with van der Waals surface area (Å²) in [5.41, 5.74) is 6.01. The second-order valence-corrected chi connectivity index (χ2v) is 6.02. The van der Waals surface area contributed by atoms with Crippen LogP contribution in [0.3, 0.4) is 0 Å². The molecule has 0 aromatic heterocycles. The van der Waals surface area contributed by atoms with Gasteiger partial charge < -0.3 is 11.1 Å². The van der Waals surface area contributed by atoms with Gasteiger partial charge in [-0.2, -0.15) is 8.42 Å². The zero-order valence-electron chi connectivity index (χ0n) is 11.6. The van der Waals surface area contributed by atoms with E-state index in [1.807, 2.05) is 0 Å². The molecule has 111 valence electrons. The number of nitrogen functional groups attached to an aromatic ring is 1. The van der Waals surface area contributed by atoms with Crippen molar-refractivity contribution in [1.29, 1.82) is 0 Å². The molecule has 2 aromatic carbocycles. The van der Waals surface area contributed by atoms with Gasteiger partial charge in [-0.3, -0.25) is 9.35 Å². The summed E-state index contributed by atoms with van der Waals surface area (Å²) < 4.78 is 31.0. The molecule has 1 amide bonds. The molecule has 0 heterocycles. The molecule has 6 nitrogen and oxygen atoms in total. The van der Waals surface area contributed by atoms with Crippen molar-refractivity contribution in [3.05, 3.63) is 53.1 Å². The number of benzene rings is 2. The van der Waals surface area contributed by atoms with Crippen LogP contribution in [0.4, 0.5) is 11.4 Å². The van der Waals surface area contributed by atoms with Crippen LogP contribution in [0.15, 0.2) is 47.4 Å². The molecule has 0 fully saturated rings. The quantitative estimate of drug-likeness (QED) is 0.446. The zero-order valence-corrected chi connectivity index (χ0v) is 15.1. The maximum Gasteiger partial charge on any atom is 0.296 e. The van der Waals surface area contributed by atoms with Crippen molar-refractivity contribution in [1.82, 2.24) is 0 Å². The van der Waals surface area contributed by atoms with Crippen molar-refractivity contribution in [2.75, 3.05) is 11.1 Å². The first-order chi connectivity index (χ1) is 9.77. The van der Waals surface area contributed by atoms with Crippen molar-refractivity contribution in [3.8, 4) is 0 Å². The zero-order chi connectivity index (χ0) is 15.6. The molecule has 0 saturated heterocycles. The molecule has 0 spiro atoms. The smallest absolute Gasteiger partial charge is 0.296 e. The van der Waals surface area contributed by atoms with Crippen LogP contribution in [0, 0.1) is 0 Å². The van der Waals surface area contributed by atoms with Crippen molar-refractivity contribution in [2.24, 2.45) is 0 Å². The molecule has 0 aliphatic heterocycles. The van der Waals surface area contributed by atoms with Crippen LogP contribution in [-0.2, 0) is 10.1 Å². The van der Waals surface area contributed by atoms with Crippen LogP contribution in [0.25, 0.3) is 0 Å². The third-order valence-electron chi connectivity index (χ3n) is 2.63. The Balaban J connectivity index is 0.00000242. The molecule has 1 radical (unpaired) electrons. The Kier molecular flexibility index (Phi) is 6.42. The number of nitrogens with one attached hydrogen (secondary N) is 1. The van der Waals surface area contributed by atoms with Crippen molar-refractivity contribution in [2.45, 2.75) is 4.90 Å². The third-order valence-corrected chi connectivity index (χ3v) is 3.80. The van der Waals surface area contributed by atoms with E-state index in [1.165, 1.54) is 18.2 Å². The Labute approximate surface area is 154 Å². The summed E-state index contributed by atoms with van der Waals surface area (Å²) in [4.78, 5) is 11.6. The first-order valence-corrected chi connectivity index (χ1v) is 7.53. The molecule has 4 N–H and O–H groups in total. The Morgan fingerprint density at radius 2 is 1.86 bits per heavy atom. The number of halogens is 1. The SMILES string of the molecule is Nc1cc(NC(=O)c2cccc(Cl)c2)ccc1S(=O)(=O)O.[Na]. The summed E-state index contributed by atoms with van der Waals surface area (Å²) in [6.45, 7) is 0. The van der Waals surface area contributed by atoms with Gasteiger partial charge in [-0.25, -0.2) is 0 Å². The molecule has 0 saturated carbocycles. The van der Waals surface area contributed by atoms with Crippen LogP contribution in [-0.4, -0.2) is 48.4 Å². The predicted molar refractivity (Wildman–Crippen MR) is 85.8 cm³/mol. The van der Waals surface area contributed by atoms with Crippen LogP contribution in [0.1, 0.15) is 10.4 Å². The van der Waals surface area contributed by atoms with E-state index < -0.39 is 20.9 Å². The summed E-state index contributed by atoms with van der Waals surface area (Å²) in [7, 11) is -4.39. The Morgan fingerprint density at radius 3 is 2.41 bits per heavy atom. The number of anilines is 2. The van der Waals surface area contributed by atoms with Crippen molar-refractivity contribution < 1.29 is 17.8 Å². The van der Waals surface area contributed by atoms with Gasteiger partial charge in [0, 0.05) is 45.8 Å². The molecule has 9 heteroatoms. The Bertz CT molecular complexity index is 811. The average Bonchev–Trinajstić information content (AvgIpc) is 2.37. The van der Waals surface area contributed by atoms with Crippen LogP contribution in [0.5, 0.6) is 0 Å². The van der Waals surface area contributed by atoms with E-state index in [1.54, 1.807) is 18.2 Å². The summed E-state index contributed by atoms with van der Waals surface area (Å²) >= 11 is 5.79. The molecule has 0 atom stereocenters. The van der Waals surface area contributed by atoms with E-state index >= 15 is 0 Å². The average molecular weight is 350 g/mol. The first kappa shape index (κ1) is 19.0. The number of amides is 1. The van der Waals surface area contributed by atoms with Gasteiger partial charge >= 0.3 is 0 Å². The molecular weight excluding hydrogens is 339 g/mol. The van der Waals surface area contributed by atoms with Gasteiger partial charge in [0.25, 0.3) is 16.0 Å². The van der Waals surface area contributed by atoms with Crippen molar-refractivity contribution >= 4 is 68.6 Å². The molecule has 2 rings (SSSR count). The van der Waals surface area contributed by atoms with E-state index in [9.17, 15) is 13.2 Å². The molecule has 22 heavy (non-hydrogen) atoms. The summed E-state index contributed by atoms with van der Waals surface area (Å²) in [6.07, 6.45) is 0. The minimum absolute atomic E-state index is 0. The maximum absolute atomic E-state index is 12.0. The number of nitrogens with two attached hydrogens (primary N) is 1. The Hall–Kier alpha value is -1.09. The largest absolute Gasteiger partial charge is 0.398 e. The number of hydrogen-bond donors (Lipinski definition) is 3. The topological polar surface area (TPSA) is 109 Å². The fourth-order valence-electron chi connectivity index (χ4n) is 1.69. The van der Waals surface area contributed by atoms with Gasteiger partial charge in [0.1, 0.15) is 4.90 Å². The van der Waals surface area contributed by atoms with Gasteiger partial charge in [-0.1, -0.05) is 17.7 Å². The molecule has 0 unspecified atom stereocenters. The van der Waals surface area contributed by atoms with E-state index in [4.69, 9.17) is 21.9 Å². The van der Waals surface area contributed by atoms with E-state index in [-0.39, 0.29) is 35.2 Å². The molecule has 0 aliphatic rings. The number of carbonyl (C=O) groups is 1. The van der Waals surface area contributed by atoms with Gasteiger partial charge in [-0.05, 0) is 36.4 Å². The van der Waals surface area contributed by atoms with Gasteiger partial charge in [-0.15, -0.1) is 0 Å². The third kappa shape index (κ3) is 4.70. The standard InChI is InChI=1S/C13H11ClN2O4S.Na/c14-9-3-1-2-8(6-9)13(17)16-10-4-5-12(11(15)7-10)21(18,19)20;/h1-7H,15H2,(H,16,17)(H,18,19,20);. The minimum Gasteiger partial charge on any atom is -0.398 e. The Morgan fingerprint density at radius 1 is 1.18 bits per heavy atom. The van der Waals surface area contributed by atoms with E-state index in [0.29, 0.717) is 16.3 Å². The molecule has 0 aliphatic carbocycles. The molecular formula is C13H11ClN2NaO4S. The van der Waals surface area contributed by atoms with Gasteiger partial charge in [0.2, 0.25) is 0 Å². The first-order valence-electron chi connectivity index (χ1n) is 5.71. The normalized spacial score (nSPS) is 10.6. The van der Waals surface area contributed by atoms with Crippen LogP contribution < -0.4 is 11.1 Å². The van der Waals surface area contributed by atoms with E-state index in [2.05, 4.69) is 5.32 Å². The number of rotatable bonds is 3. The molecule has 2 aromatic rings. The number of carbonyl (C=O) groups excluding carboxylic acids is 1. The number of hydrogen-bond acceptors (Lipinski definition) is 4. The minimum atomic E-state index is -4.39. The van der Waals surface area contributed by atoms with Crippen LogP contribution in [0.2, 0.25) is 5.02 Å². The second kappa shape index (κ2) is 7.45. The second-order valence-electron chi connectivity index (χ2n) is 4.19. The van der Waals surface area contributed by atoms with Crippen LogP contribution >= 0.6 is 11.6 Å². The van der Waals surface area contributed by atoms with Gasteiger partial charge in [0.05, 0.1) is 5.69 Å².